The second-order valence-electron chi connectivity index (χ2n) is 10.5. The molecule has 0 spiro atoms. The van der Waals surface area contributed by atoms with E-state index in [0.717, 1.165) is 0 Å². The molecule has 1 aromatic rings. The Kier molecular flexibility index (Phi) is 6.41. The number of aromatic nitrogens is 3. The number of piperidine rings is 1. The lowest BCUT2D eigenvalue weighted by molar-refractivity contribution is -0.176. The SMILES string of the molecule is CC(C)(C)[C@H](NC(=O)C(F)(F)F)C(=O)N1C[C@H]2[C@@H]([C@H]1C(=O)N[C@H](C#N)Cn1ccnn1)C2(C)C. The maximum absolute atomic E-state index is 13.4. The van der Waals surface area contributed by atoms with Crippen LogP contribution in [0.4, 0.5) is 13.2 Å². The van der Waals surface area contributed by atoms with Crippen molar-refractivity contribution in [2.75, 3.05) is 6.54 Å². The van der Waals surface area contributed by atoms with E-state index in [4.69, 9.17) is 0 Å². The number of amides is 3. The number of carbonyl (C=O) groups is 3. The number of carbonyl (C=O) groups excluding carboxylic acids is 3. The fourth-order valence-corrected chi connectivity index (χ4v) is 4.73. The Morgan fingerprint density at radius 2 is 1.88 bits per heavy atom. The molecule has 1 aliphatic carbocycles. The Hall–Kier alpha value is -3.17. The third-order valence-corrected chi connectivity index (χ3v) is 6.72. The first-order chi connectivity index (χ1) is 15.6. The number of nitriles is 1. The van der Waals surface area contributed by atoms with Crippen molar-refractivity contribution in [2.24, 2.45) is 22.7 Å². The van der Waals surface area contributed by atoms with Gasteiger partial charge in [0.05, 0.1) is 18.8 Å². The largest absolute Gasteiger partial charge is 0.471 e. The molecule has 3 rings (SSSR count). The second-order valence-corrected chi connectivity index (χ2v) is 10.5. The van der Waals surface area contributed by atoms with Gasteiger partial charge in [-0.3, -0.25) is 14.4 Å². The van der Waals surface area contributed by atoms with Crippen LogP contribution < -0.4 is 10.6 Å². The van der Waals surface area contributed by atoms with Gasteiger partial charge in [0.2, 0.25) is 11.8 Å². The van der Waals surface area contributed by atoms with E-state index in [9.17, 15) is 32.8 Å². The minimum atomic E-state index is -5.16. The van der Waals surface area contributed by atoms with Gasteiger partial charge in [0.25, 0.3) is 0 Å². The van der Waals surface area contributed by atoms with Gasteiger partial charge in [0, 0.05) is 12.7 Å². The van der Waals surface area contributed by atoms with Gasteiger partial charge in [-0.15, -0.1) is 5.10 Å². The highest BCUT2D eigenvalue weighted by Gasteiger charge is 2.70. The topological polar surface area (TPSA) is 133 Å². The molecule has 1 saturated carbocycles. The first kappa shape index (κ1) is 25.5. The van der Waals surface area contributed by atoms with Gasteiger partial charge in [-0.25, -0.2) is 4.68 Å². The first-order valence-electron chi connectivity index (χ1n) is 10.8. The summed E-state index contributed by atoms with van der Waals surface area (Å²) < 4.78 is 40.1. The van der Waals surface area contributed by atoms with Crippen molar-refractivity contribution in [3.05, 3.63) is 12.4 Å². The van der Waals surface area contributed by atoms with Crippen LogP contribution in [0.3, 0.4) is 0 Å². The fraction of sp³-hybridized carbons (Fsp3) is 0.714. The van der Waals surface area contributed by atoms with Crippen molar-refractivity contribution >= 4 is 17.7 Å². The molecule has 2 N–H and O–H groups in total. The summed E-state index contributed by atoms with van der Waals surface area (Å²) in [5.41, 5.74) is -1.30. The molecule has 1 saturated heterocycles. The summed E-state index contributed by atoms with van der Waals surface area (Å²) in [6.45, 7) is 8.71. The summed E-state index contributed by atoms with van der Waals surface area (Å²) in [6, 6.07) is -1.47. The molecule has 2 aliphatic rings. The van der Waals surface area contributed by atoms with Gasteiger partial charge in [0.1, 0.15) is 18.1 Å². The first-order valence-corrected chi connectivity index (χ1v) is 10.8. The second kappa shape index (κ2) is 8.56. The molecular formula is C21H28F3N7O3. The van der Waals surface area contributed by atoms with E-state index in [1.165, 1.54) is 42.7 Å². The normalized spacial score (nSPS) is 25.0. The van der Waals surface area contributed by atoms with E-state index in [1.54, 1.807) is 0 Å². The van der Waals surface area contributed by atoms with Crippen LogP contribution in [0.1, 0.15) is 34.6 Å². The molecule has 34 heavy (non-hydrogen) atoms. The average molecular weight is 483 g/mol. The fourth-order valence-electron chi connectivity index (χ4n) is 4.73. The molecule has 2 fully saturated rings. The monoisotopic (exact) mass is 483 g/mol. The highest BCUT2D eigenvalue weighted by molar-refractivity contribution is 5.95. The quantitative estimate of drug-likeness (QED) is 0.617. The zero-order valence-electron chi connectivity index (χ0n) is 19.6. The van der Waals surface area contributed by atoms with Crippen LogP contribution in [0.25, 0.3) is 0 Å². The van der Waals surface area contributed by atoms with Gasteiger partial charge in [-0.1, -0.05) is 39.8 Å². The molecule has 2 heterocycles. The molecule has 1 aliphatic heterocycles. The number of hydrogen-bond donors (Lipinski definition) is 2. The smallest absolute Gasteiger partial charge is 0.337 e. The van der Waals surface area contributed by atoms with Crippen molar-refractivity contribution < 1.29 is 27.6 Å². The number of nitrogens with one attached hydrogen (secondary N) is 2. The van der Waals surface area contributed by atoms with E-state index in [-0.39, 0.29) is 30.3 Å². The highest BCUT2D eigenvalue weighted by atomic mass is 19.4. The van der Waals surface area contributed by atoms with Crippen LogP contribution >= 0.6 is 0 Å². The number of likely N-dealkylation sites (tertiary alicyclic amines) is 1. The third-order valence-electron chi connectivity index (χ3n) is 6.72. The highest BCUT2D eigenvalue weighted by Crippen LogP contribution is 2.65. The summed E-state index contributed by atoms with van der Waals surface area (Å²) in [5, 5.41) is 21.3. The third kappa shape index (κ3) is 4.85. The van der Waals surface area contributed by atoms with Crippen LogP contribution in [0.15, 0.2) is 12.4 Å². The van der Waals surface area contributed by atoms with Crippen molar-refractivity contribution in [1.82, 2.24) is 30.5 Å². The number of hydrogen-bond acceptors (Lipinski definition) is 6. The van der Waals surface area contributed by atoms with E-state index in [2.05, 4.69) is 15.6 Å². The molecule has 0 unspecified atom stereocenters. The lowest BCUT2D eigenvalue weighted by atomic mass is 9.85. The van der Waals surface area contributed by atoms with Gasteiger partial charge in [-0.05, 0) is 22.7 Å². The number of halogens is 3. The minimum absolute atomic E-state index is 0.0259. The molecule has 13 heteroatoms. The maximum atomic E-state index is 13.4. The van der Waals surface area contributed by atoms with Crippen molar-refractivity contribution in [3.63, 3.8) is 0 Å². The standard InChI is InChI=1S/C21H28F3N7O3/c1-19(2,3)15(28-18(34)21(22,23)24)17(33)31-10-12-13(20(12,4)5)14(31)16(32)27-11(8-25)9-30-7-6-26-29-30/h6-7,11-15H,9-10H2,1-5H3,(H,27,32)(H,28,34)/t11-,12+,13+,14+,15-/m1/s1. The molecule has 0 bridgehead atoms. The van der Waals surface area contributed by atoms with E-state index >= 15 is 0 Å². The number of alkyl halides is 3. The number of nitrogens with zero attached hydrogens (tertiary/aromatic N) is 5. The van der Waals surface area contributed by atoms with Gasteiger partial charge >= 0.3 is 12.1 Å². The molecule has 1 aromatic heterocycles. The summed E-state index contributed by atoms with van der Waals surface area (Å²) in [6.07, 6.45) is -2.21. The Morgan fingerprint density at radius 1 is 1.24 bits per heavy atom. The van der Waals surface area contributed by atoms with Crippen LogP contribution in [-0.2, 0) is 20.9 Å². The van der Waals surface area contributed by atoms with Crippen LogP contribution in [-0.4, -0.2) is 68.5 Å². The lowest BCUT2D eigenvalue weighted by Gasteiger charge is -2.37. The molecule has 0 radical (unpaired) electrons. The zero-order valence-corrected chi connectivity index (χ0v) is 19.6. The lowest BCUT2D eigenvalue weighted by Crippen LogP contribution is -2.61. The molecule has 5 atom stereocenters. The Bertz CT molecular complexity index is 995. The van der Waals surface area contributed by atoms with Gasteiger partial charge in [0.15, 0.2) is 0 Å². The van der Waals surface area contributed by atoms with E-state index in [1.807, 2.05) is 25.2 Å². The van der Waals surface area contributed by atoms with E-state index < -0.39 is 47.4 Å². The van der Waals surface area contributed by atoms with Gasteiger partial charge < -0.3 is 15.5 Å². The predicted molar refractivity (Wildman–Crippen MR) is 111 cm³/mol. The molecule has 186 valence electrons. The summed E-state index contributed by atoms with van der Waals surface area (Å²) in [7, 11) is 0. The van der Waals surface area contributed by atoms with Crippen molar-refractivity contribution in [3.8, 4) is 6.07 Å². The molecular weight excluding hydrogens is 455 g/mol. The number of fused-ring (bicyclic) bond motifs is 1. The average Bonchev–Trinajstić information content (AvgIpc) is 3.16. The molecule has 3 amide bonds. The Balaban J connectivity index is 1.83. The minimum Gasteiger partial charge on any atom is -0.337 e. The van der Waals surface area contributed by atoms with Crippen LogP contribution in [0.2, 0.25) is 0 Å². The summed E-state index contributed by atoms with van der Waals surface area (Å²) in [4.78, 5) is 39.6. The predicted octanol–water partition coefficient (Wildman–Crippen LogP) is 0.863. The van der Waals surface area contributed by atoms with Crippen molar-refractivity contribution in [1.29, 1.82) is 5.26 Å². The number of rotatable bonds is 6. The van der Waals surface area contributed by atoms with Crippen molar-refractivity contribution in [2.45, 2.75) is 65.5 Å². The summed E-state index contributed by atoms with van der Waals surface area (Å²) >= 11 is 0. The van der Waals surface area contributed by atoms with Crippen LogP contribution in [0, 0.1) is 34.0 Å². The molecule has 0 aromatic carbocycles. The van der Waals surface area contributed by atoms with Crippen LogP contribution in [0.5, 0.6) is 0 Å². The maximum Gasteiger partial charge on any atom is 0.471 e. The zero-order chi connectivity index (χ0) is 25.6. The Morgan fingerprint density at radius 3 is 2.38 bits per heavy atom. The summed E-state index contributed by atoms with van der Waals surface area (Å²) in [5.74, 6) is -3.81. The van der Waals surface area contributed by atoms with Gasteiger partial charge in [-0.2, -0.15) is 18.4 Å². The Labute approximate surface area is 194 Å². The van der Waals surface area contributed by atoms with E-state index in [0.29, 0.717) is 0 Å². The molecule has 10 nitrogen and oxygen atoms in total.